The average molecular weight is 341 g/mol. The van der Waals surface area contributed by atoms with Gasteiger partial charge in [-0.15, -0.1) is 0 Å². The summed E-state index contributed by atoms with van der Waals surface area (Å²) in [5.41, 5.74) is 1.07. The first kappa shape index (κ1) is 17.2. The molecule has 132 valence electrons. The van der Waals surface area contributed by atoms with Gasteiger partial charge in [0.15, 0.2) is 0 Å². The smallest absolute Gasteiger partial charge is 0.274 e. The second-order valence-corrected chi connectivity index (χ2v) is 6.13. The van der Waals surface area contributed by atoms with Crippen LogP contribution < -0.4 is 15.0 Å². The van der Waals surface area contributed by atoms with Crippen molar-refractivity contribution < 1.29 is 9.53 Å². The molecule has 0 saturated carbocycles. The van der Waals surface area contributed by atoms with Crippen molar-refractivity contribution >= 4 is 17.4 Å². The Bertz CT molecular complexity index is 740. The lowest BCUT2D eigenvalue weighted by molar-refractivity contribution is 0.102. The number of piperazine rings is 1. The van der Waals surface area contributed by atoms with E-state index in [1.807, 2.05) is 6.92 Å². The summed E-state index contributed by atoms with van der Waals surface area (Å²) in [6.07, 6.45) is 0. The molecule has 7 heteroatoms. The highest BCUT2D eigenvalue weighted by molar-refractivity contribution is 6.03. The van der Waals surface area contributed by atoms with Gasteiger partial charge in [0.2, 0.25) is 0 Å². The number of methoxy groups -OCH3 is 1. The largest absolute Gasteiger partial charge is 0.497 e. The van der Waals surface area contributed by atoms with Crippen molar-refractivity contribution in [2.75, 3.05) is 50.6 Å². The SMILES string of the molecule is COc1ccc(NC(=O)c2cc(N3CCN(C)CC3)nc(C)n2)cc1. The maximum atomic E-state index is 12.5. The fourth-order valence-electron chi connectivity index (χ4n) is 2.74. The average Bonchev–Trinajstić information content (AvgIpc) is 2.62. The highest BCUT2D eigenvalue weighted by Gasteiger charge is 2.18. The van der Waals surface area contributed by atoms with E-state index >= 15 is 0 Å². The van der Waals surface area contributed by atoms with Crippen LogP contribution in [0.3, 0.4) is 0 Å². The van der Waals surface area contributed by atoms with Gasteiger partial charge in [0.1, 0.15) is 23.1 Å². The third-order valence-electron chi connectivity index (χ3n) is 4.23. The van der Waals surface area contributed by atoms with E-state index in [2.05, 4.69) is 32.1 Å². The van der Waals surface area contributed by atoms with Crippen LogP contribution in [0.1, 0.15) is 16.3 Å². The van der Waals surface area contributed by atoms with E-state index in [1.165, 1.54) is 0 Å². The number of nitrogens with zero attached hydrogens (tertiary/aromatic N) is 4. The van der Waals surface area contributed by atoms with Crippen LogP contribution in [0.15, 0.2) is 30.3 Å². The van der Waals surface area contributed by atoms with Crippen LogP contribution >= 0.6 is 0 Å². The molecule has 0 unspecified atom stereocenters. The Morgan fingerprint density at radius 1 is 1.12 bits per heavy atom. The minimum Gasteiger partial charge on any atom is -0.497 e. The zero-order valence-corrected chi connectivity index (χ0v) is 14.8. The number of carbonyl (C=O) groups excluding carboxylic acids is 1. The van der Waals surface area contributed by atoms with Crippen LogP contribution in [0.25, 0.3) is 0 Å². The van der Waals surface area contributed by atoms with Crippen LogP contribution in [0.2, 0.25) is 0 Å². The molecule has 1 N–H and O–H groups in total. The van der Waals surface area contributed by atoms with Crippen molar-refractivity contribution in [3.63, 3.8) is 0 Å². The Kier molecular flexibility index (Phi) is 5.14. The first-order valence-electron chi connectivity index (χ1n) is 8.30. The summed E-state index contributed by atoms with van der Waals surface area (Å²) in [7, 11) is 3.72. The second-order valence-electron chi connectivity index (χ2n) is 6.13. The van der Waals surface area contributed by atoms with E-state index in [4.69, 9.17) is 4.74 Å². The molecule has 1 amide bonds. The molecule has 1 aliphatic heterocycles. The van der Waals surface area contributed by atoms with Crippen LogP contribution in [-0.2, 0) is 0 Å². The quantitative estimate of drug-likeness (QED) is 0.914. The van der Waals surface area contributed by atoms with Gasteiger partial charge >= 0.3 is 0 Å². The van der Waals surface area contributed by atoms with Gasteiger partial charge < -0.3 is 19.9 Å². The maximum Gasteiger partial charge on any atom is 0.274 e. The monoisotopic (exact) mass is 341 g/mol. The Hall–Kier alpha value is -2.67. The number of anilines is 2. The van der Waals surface area contributed by atoms with Crippen LogP contribution in [-0.4, -0.2) is 61.1 Å². The lowest BCUT2D eigenvalue weighted by Gasteiger charge is -2.33. The van der Waals surface area contributed by atoms with Crippen molar-refractivity contribution in [1.82, 2.24) is 14.9 Å². The number of ether oxygens (including phenoxy) is 1. The molecule has 25 heavy (non-hydrogen) atoms. The number of hydrogen-bond donors (Lipinski definition) is 1. The molecule has 0 bridgehead atoms. The fourth-order valence-corrected chi connectivity index (χ4v) is 2.74. The topological polar surface area (TPSA) is 70.6 Å². The minimum absolute atomic E-state index is 0.244. The number of likely N-dealkylation sites (N-methyl/N-ethyl adjacent to an activating group) is 1. The van der Waals surface area contributed by atoms with Gasteiger partial charge in [0, 0.05) is 37.9 Å². The Balaban J connectivity index is 1.75. The summed E-state index contributed by atoms with van der Waals surface area (Å²) in [6.45, 7) is 5.57. The lowest BCUT2D eigenvalue weighted by Crippen LogP contribution is -2.45. The molecule has 1 saturated heterocycles. The van der Waals surface area contributed by atoms with Crippen molar-refractivity contribution in [3.05, 3.63) is 41.9 Å². The lowest BCUT2D eigenvalue weighted by atomic mass is 10.2. The molecule has 0 radical (unpaired) electrons. The molecule has 1 fully saturated rings. The number of hydrogen-bond acceptors (Lipinski definition) is 6. The summed E-state index contributed by atoms with van der Waals surface area (Å²) < 4.78 is 5.12. The molecule has 1 aromatic heterocycles. The number of benzene rings is 1. The zero-order valence-electron chi connectivity index (χ0n) is 14.8. The van der Waals surface area contributed by atoms with Gasteiger partial charge in [-0.05, 0) is 38.2 Å². The van der Waals surface area contributed by atoms with E-state index < -0.39 is 0 Å². The van der Waals surface area contributed by atoms with Crippen molar-refractivity contribution in [2.24, 2.45) is 0 Å². The molecule has 3 rings (SSSR count). The maximum absolute atomic E-state index is 12.5. The molecule has 0 atom stereocenters. The Morgan fingerprint density at radius 3 is 2.44 bits per heavy atom. The molecular formula is C18H23N5O2. The normalized spacial score (nSPS) is 15.1. The van der Waals surface area contributed by atoms with Gasteiger partial charge in [0.05, 0.1) is 7.11 Å². The van der Waals surface area contributed by atoms with Gasteiger partial charge in [0.25, 0.3) is 5.91 Å². The molecule has 1 aliphatic rings. The van der Waals surface area contributed by atoms with Gasteiger partial charge in [-0.2, -0.15) is 0 Å². The first-order valence-corrected chi connectivity index (χ1v) is 8.30. The summed E-state index contributed by atoms with van der Waals surface area (Å²) in [5, 5.41) is 2.86. The van der Waals surface area contributed by atoms with E-state index in [-0.39, 0.29) is 5.91 Å². The third kappa shape index (κ3) is 4.24. The van der Waals surface area contributed by atoms with E-state index in [0.717, 1.165) is 37.7 Å². The van der Waals surface area contributed by atoms with Crippen molar-refractivity contribution in [3.8, 4) is 5.75 Å². The molecular weight excluding hydrogens is 318 g/mol. The van der Waals surface area contributed by atoms with Gasteiger partial charge in [-0.3, -0.25) is 4.79 Å². The van der Waals surface area contributed by atoms with Crippen LogP contribution in [0, 0.1) is 6.92 Å². The Morgan fingerprint density at radius 2 is 1.80 bits per heavy atom. The van der Waals surface area contributed by atoms with Crippen LogP contribution in [0.4, 0.5) is 11.5 Å². The number of amides is 1. The van der Waals surface area contributed by atoms with Crippen molar-refractivity contribution in [1.29, 1.82) is 0 Å². The number of aromatic nitrogens is 2. The number of nitrogens with one attached hydrogen (secondary N) is 1. The molecule has 0 spiro atoms. The predicted molar refractivity (Wildman–Crippen MR) is 97.4 cm³/mol. The first-order chi connectivity index (χ1) is 12.0. The van der Waals surface area contributed by atoms with Gasteiger partial charge in [-0.25, -0.2) is 9.97 Å². The molecule has 2 heterocycles. The number of aryl methyl sites for hydroxylation is 1. The Labute approximate surface area is 147 Å². The minimum atomic E-state index is -0.244. The molecule has 2 aromatic rings. The third-order valence-corrected chi connectivity index (χ3v) is 4.23. The summed E-state index contributed by atoms with van der Waals surface area (Å²) in [5.74, 6) is 1.90. The zero-order chi connectivity index (χ0) is 17.8. The van der Waals surface area contributed by atoms with E-state index in [9.17, 15) is 4.79 Å². The predicted octanol–water partition coefficient (Wildman–Crippen LogP) is 1.80. The van der Waals surface area contributed by atoms with Gasteiger partial charge in [-0.1, -0.05) is 0 Å². The highest BCUT2D eigenvalue weighted by atomic mass is 16.5. The standard InChI is InChI=1S/C18H23N5O2/c1-13-19-16(12-17(20-13)23-10-8-22(2)9-11-23)18(24)21-14-4-6-15(25-3)7-5-14/h4-7,12H,8-11H2,1-3H3,(H,21,24). The summed E-state index contributed by atoms with van der Waals surface area (Å²) in [4.78, 5) is 25.8. The summed E-state index contributed by atoms with van der Waals surface area (Å²) in [6, 6.07) is 8.96. The second kappa shape index (κ2) is 7.48. The highest BCUT2D eigenvalue weighted by Crippen LogP contribution is 2.18. The van der Waals surface area contributed by atoms with E-state index in [0.29, 0.717) is 17.2 Å². The molecule has 0 aliphatic carbocycles. The fraction of sp³-hybridized carbons (Fsp3) is 0.389. The van der Waals surface area contributed by atoms with Crippen molar-refractivity contribution in [2.45, 2.75) is 6.92 Å². The number of rotatable bonds is 4. The van der Waals surface area contributed by atoms with E-state index in [1.54, 1.807) is 37.4 Å². The number of carbonyl (C=O) groups is 1. The summed E-state index contributed by atoms with van der Waals surface area (Å²) >= 11 is 0. The van der Waals surface area contributed by atoms with Crippen LogP contribution in [0.5, 0.6) is 5.75 Å². The molecule has 1 aromatic carbocycles. The molecule has 7 nitrogen and oxygen atoms in total.